The topological polar surface area (TPSA) is 197 Å². The second kappa shape index (κ2) is 9.14. The van der Waals surface area contributed by atoms with E-state index in [9.17, 15) is 10.2 Å². The Labute approximate surface area is 159 Å². The Morgan fingerprint density at radius 1 is 0.481 bits per heavy atom. The van der Waals surface area contributed by atoms with Crippen LogP contribution >= 0.6 is 0 Å². The maximum Gasteiger partial charge on any atom is 0.124 e. The van der Waals surface area contributed by atoms with E-state index in [0.717, 1.165) is 22.3 Å². The first-order valence-corrected chi connectivity index (χ1v) is 8.88. The van der Waals surface area contributed by atoms with E-state index in [1.807, 2.05) is 12.1 Å². The van der Waals surface area contributed by atoms with Crippen molar-refractivity contribution < 1.29 is 10.2 Å². The van der Waals surface area contributed by atoms with Crippen molar-refractivity contribution in [3.8, 4) is 11.5 Å². The molecule has 0 atom stereocenters. The lowest BCUT2D eigenvalue weighted by atomic mass is 9.88. The van der Waals surface area contributed by atoms with Crippen LogP contribution in [0.5, 0.6) is 11.5 Å². The zero-order valence-electron chi connectivity index (χ0n) is 15.5. The molecular weight excluding hydrogens is 344 g/mol. The van der Waals surface area contributed by atoms with Gasteiger partial charge in [-0.1, -0.05) is 12.1 Å². The third-order valence-electron chi connectivity index (χ3n) is 5.02. The van der Waals surface area contributed by atoms with Crippen molar-refractivity contribution in [2.75, 3.05) is 0 Å². The summed E-state index contributed by atoms with van der Waals surface area (Å²) in [6.45, 7) is 1.12. The average Bonchev–Trinajstić information content (AvgIpc) is 2.68. The molecule has 0 heterocycles. The Morgan fingerprint density at radius 3 is 1.07 bits per heavy atom. The highest BCUT2D eigenvalue weighted by Crippen LogP contribution is 2.34. The Balaban J connectivity index is 2.69. The van der Waals surface area contributed by atoms with Gasteiger partial charge in [0.1, 0.15) is 11.5 Å². The van der Waals surface area contributed by atoms with Crippen LogP contribution < -0.4 is 34.4 Å². The monoisotopic (exact) mass is 374 g/mol. The van der Waals surface area contributed by atoms with Crippen LogP contribution in [0.2, 0.25) is 0 Å². The number of phenols is 2. The summed E-state index contributed by atoms with van der Waals surface area (Å²) in [6, 6.07) is 3.68. The van der Waals surface area contributed by atoms with Gasteiger partial charge in [0.15, 0.2) is 0 Å². The molecule has 2 aromatic rings. The van der Waals surface area contributed by atoms with Gasteiger partial charge in [-0.05, 0) is 28.7 Å². The van der Waals surface area contributed by atoms with Crippen LogP contribution in [0.4, 0.5) is 0 Å². The van der Waals surface area contributed by atoms with Gasteiger partial charge in [-0.3, -0.25) is 0 Å². The van der Waals surface area contributed by atoms with Crippen molar-refractivity contribution in [1.82, 2.24) is 0 Å². The summed E-state index contributed by atoms with van der Waals surface area (Å²) in [6.07, 6.45) is 0.486. The van der Waals surface area contributed by atoms with Crippen LogP contribution in [0, 0.1) is 0 Å². The fourth-order valence-corrected chi connectivity index (χ4v) is 3.57. The molecule has 0 unspecified atom stereocenters. The maximum atomic E-state index is 10.4. The molecule has 8 heteroatoms. The Bertz CT molecular complexity index is 755. The number of aromatic hydroxyl groups is 2. The number of hydrogen-bond donors (Lipinski definition) is 8. The maximum absolute atomic E-state index is 10.4. The molecule has 0 bridgehead atoms. The molecular formula is C19H30N6O2. The Hall–Kier alpha value is -2.20. The van der Waals surface area contributed by atoms with Gasteiger partial charge in [0.05, 0.1) is 0 Å². The number of nitrogens with two attached hydrogens (primary N) is 6. The summed E-state index contributed by atoms with van der Waals surface area (Å²) in [7, 11) is 0. The molecule has 0 aliphatic heterocycles. The summed E-state index contributed by atoms with van der Waals surface area (Å²) in [4.78, 5) is 0. The second-order valence-electron chi connectivity index (χ2n) is 6.40. The zero-order valence-corrected chi connectivity index (χ0v) is 15.5. The molecule has 14 N–H and O–H groups in total. The highest BCUT2D eigenvalue weighted by molar-refractivity contribution is 5.55. The molecule has 8 nitrogen and oxygen atoms in total. The highest BCUT2D eigenvalue weighted by Gasteiger charge is 2.19. The van der Waals surface area contributed by atoms with Gasteiger partial charge in [0.25, 0.3) is 0 Å². The Kier molecular flexibility index (Phi) is 7.14. The van der Waals surface area contributed by atoms with E-state index in [4.69, 9.17) is 34.4 Å². The molecule has 148 valence electrons. The average molecular weight is 374 g/mol. The molecule has 0 aliphatic carbocycles. The van der Waals surface area contributed by atoms with Gasteiger partial charge in [-0.25, -0.2) is 0 Å². The van der Waals surface area contributed by atoms with Crippen LogP contribution in [0.1, 0.15) is 44.5 Å². The van der Waals surface area contributed by atoms with Crippen molar-refractivity contribution >= 4 is 0 Å². The fraction of sp³-hybridized carbons (Fsp3) is 0.368. The van der Waals surface area contributed by atoms with Gasteiger partial charge >= 0.3 is 0 Å². The van der Waals surface area contributed by atoms with E-state index >= 15 is 0 Å². The van der Waals surface area contributed by atoms with Crippen LogP contribution in [0.3, 0.4) is 0 Å². The predicted octanol–water partition coefficient (Wildman–Crippen LogP) is -0.559. The van der Waals surface area contributed by atoms with Gasteiger partial charge in [-0.15, -0.1) is 0 Å². The van der Waals surface area contributed by atoms with Gasteiger partial charge < -0.3 is 44.6 Å². The second-order valence-corrected chi connectivity index (χ2v) is 6.40. The van der Waals surface area contributed by atoms with E-state index in [1.54, 1.807) is 0 Å². The molecule has 0 amide bonds. The van der Waals surface area contributed by atoms with Crippen molar-refractivity contribution in [2.45, 2.75) is 45.7 Å². The molecule has 27 heavy (non-hydrogen) atoms. The van der Waals surface area contributed by atoms with E-state index in [1.165, 1.54) is 0 Å². The third-order valence-corrected chi connectivity index (χ3v) is 5.02. The Morgan fingerprint density at radius 2 is 0.815 bits per heavy atom. The summed E-state index contributed by atoms with van der Waals surface area (Å²) in [5.74, 6) is 0.193. The zero-order chi connectivity index (χ0) is 20.1. The number of benzene rings is 2. The van der Waals surface area contributed by atoms with Gasteiger partial charge in [0.2, 0.25) is 0 Å². The first-order chi connectivity index (χ1) is 13.0. The largest absolute Gasteiger partial charge is 0.507 e. The molecule has 2 aromatic carbocycles. The van der Waals surface area contributed by atoms with Crippen molar-refractivity contribution in [1.29, 1.82) is 0 Å². The van der Waals surface area contributed by atoms with Crippen LogP contribution in [0.25, 0.3) is 0 Å². The SMILES string of the molecule is NCc1cc(Cc2cc(CN)c(O)c(CN)c2CN)c(CN)c(CN)c1O. The van der Waals surface area contributed by atoms with Crippen LogP contribution in [0.15, 0.2) is 12.1 Å². The number of hydrogen-bond acceptors (Lipinski definition) is 8. The molecule has 0 spiro atoms. The van der Waals surface area contributed by atoms with Crippen molar-refractivity contribution in [3.63, 3.8) is 0 Å². The molecule has 0 fully saturated rings. The summed E-state index contributed by atoms with van der Waals surface area (Å²) in [5.41, 5.74) is 40.9. The molecule has 0 saturated carbocycles. The smallest absolute Gasteiger partial charge is 0.124 e. The van der Waals surface area contributed by atoms with Crippen LogP contribution in [-0.2, 0) is 45.7 Å². The lowest BCUT2D eigenvalue weighted by Gasteiger charge is -2.21. The summed E-state index contributed by atoms with van der Waals surface area (Å²) in [5, 5.41) is 20.8. The minimum atomic E-state index is 0.0965. The number of phenolic OH excluding ortho intramolecular Hbond substituents is 2. The molecule has 0 saturated heterocycles. The molecule has 0 aromatic heterocycles. The van der Waals surface area contributed by atoms with Gasteiger partial charge in [-0.2, -0.15) is 0 Å². The predicted molar refractivity (Wildman–Crippen MR) is 106 cm³/mol. The lowest BCUT2D eigenvalue weighted by molar-refractivity contribution is 0.459. The van der Waals surface area contributed by atoms with Crippen molar-refractivity contribution in [3.05, 3.63) is 56.6 Å². The lowest BCUT2D eigenvalue weighted by Crippen LogP contribution is -2.15. The van der Waals surface area contributed by atoms with E-state index in [2.05, 4.69) is 0 Å². The minimum Gasteiger partial charge on any atom is -0.507 e. The first kappa shape index (κ1) is 21.1. The molecule has 2 rings (SSSR count). The highest BCUT2D eigenvalue weighted by atomic mass is 16.3. The van der Waals surface area contributed by atoms with E-state index in [0.29, 0.717) is 28.7 Å². The minimum absolute atomic E-state index is 0.0965. The molecule has 0 radical (unpaired) electrons. The number of rotatable bonds is 8. The van der Waals surface area contributed by atoms with E-state index < -0.39 is 0 Å². The van der Waals surface area contributed by atoms with E-state index in [-0.39, 0.29) is 50.8 Å². The van der Waals surface area contributed by atoms with Crippen molar-refractivity contribution in [2.24, 2.45) is 34.4 Å². The quantitative estimate of drug-likeness (QED) is 0.301. The first-order valence-electron chi connectivity index (χ1n) is 8.88. The molecule has 0 aliphatic rings. The third kappa shape index (κ3) is 3.91. The standard InChI is InChI=1S/C19H30N6O2/c20-4-12-2-10(14(6-22)16(8-24)18(12)26)1-11-3-13(5-21)19(27)17(9-25)15(11)7-23/h2-3,26-27H,1,4-9,20-25H2. The normalized spacial score (nSPS) is 11.2. The van der Waals surface area contributed by atoms with Crippen LogP contribution in [-0.4, -0.2) is 10.2 Å². The fourth-order valence-electron chi connectivity index (χ4n) is 3.57. The van der Waals surface area contributed by atoms with Gasteiger partial charge in [0, 0.05) is 61.5 Å². The summed E-state index contributed by atoms with van der Waals surface area (Å²) >= 11 is 0. The summed E-state index contributed by atoms with van der Waals surface area (Å²) < 4.78 is 0.